The molecule has 5 atom stereocenters. The number of ether oxygens (including phenoxy) is 4. The summed E-state index contributed by atoms with van der Waals surface area (Å²) in [6, 6.07) is 14.8. The molecule has 2 heterocycles. The Kier molecular flexibility index (Phi) is 11.9. The molecule has 2 aliphatic rings. The van der Waals surface area contributed by atoms with Crippen molar-refractivity contribution in [1.29, 1.82) is 0 Å². The zero-order valence-corrected chi connectivity index (χ0v) is 26.5. The number of rotatable bonds is 15. The van der Waals surface area contributed by atoms with E-state index in [1.54, 1.807) is 21.1 Å². The minimum absolute atomic E-state index is 0.0119. The number of anilines is 1. The first kappa shape index (κ1) is 33.2. The lowest BCUT2D eigenvalue weighted by Crippen LogP contribution is -2.55. The molecule has 1 saturated heterocycles. The summed E-state index contributed by atoms with van der Waals surface area (Å²) in [4.78, 5) is 14.9. The van der Waals surface area contributed by atoms with Crippen molar-refractivity contribution in [2.24, 2.45) is 17.1 Å². The zero-order chi connectivity index (χ0) is 31.0. The number of nitrogens with zero attached hydrogens (tertiary/aromatic N) is 1. The molecular formula is C34H51N3O6. The van der Waals surface area contributed by atoms with E-state index < -0.39 is 11.5 Å². The van der Waals surface area contributed by atoms with Gasteiger partial charge in [0.1, 0.15) is 12.4 Å². The predicted molar refractivity (Wildman–Crippen MR) is 168 cm³/mol. The predicted octanol–water partition coefficient (Wildman–Crippen LogP) is 4.00. The molecule has 0 radical (unpaired) electrons. The average molecular weight is 598 g/mol. The fourth-order valence-electron chi connectivity index (χ4n) is 6.53. The van der Waals surface area contributed by atoms with Gasteiger partial charge in [0.25, 0.3) is 0 Å². The van der Waals surface area contributed by atoms with E-state index in [9.17, 15) is 9.90 Å². The second-order valence-electron chi connectivity index (χ2n) is 12.6. The van der Waals surface area contributed by atoms with E-state index in [4.69, 9.17) is 24.7 Å². The molecule has 0 spiro atoms. The van der Waals surface area contributed by atoms with Crippen LogP contribution in [0.3, 0.4) is 0 Å². The summed E-state index contributed by atoms with van der Waals surface area (Å²) < 4.78 is 23.2. The molecule has 2 aromatic carbocycles. The first-order chi connectivity index (χ1) is 20.6. The van der Waals surface area contributed by atoms with Crippen molar-refractivity contribution < 1.29 is 28.8 Å². The first-order valence-corrected chi connectivity index (χ1v) is 15.5. The van der Waals surface area contributed by atoms with Crippen LogP contribution in [0.1, 0.15) is 62.6 Å². The smallest absolute Gasteiger partial charge is 0.223 e. The van der Waals surface area contributed by atoms with Crippen LogP contribution in [0, 0.1) is 11.3 Å². The molecule has 1 amide bonds. The van der Waals surface area contributed by atoms with Crippen LogP contribution in [0.2, 0.25) is 0 Å². The number of primary amides is 1. The number of fused-ring (bicyclic) bond motifs is 1. The third kappa shape index (κ3) is 8.48. The maximum absolute atomic E-state index is 12.5. The largest absolute Gasteiger partial charge is 0.490 e. The van der Waals surface area contributed by atoms with Crippen LogP contribution in [-0.4, -0.2) is 76.3 Å². The number of methoxy groups -OCH3 is 2. The topological polar surface area (TPSA) is 116 Å². The number of benzene rings is 2. The van der Waals surface area contributed by atoms with Crippen LogP contribution in [0.5, 0.6) is 5.75 Å². The van der Waals surface area contributed by atoms with E-state index >= 15 is 0 Å². The van der Waals surface area contributed by atoms with E-state index in [2.05, 4.69) is 46.6 Å². The van der Waals surface area contributed by atoms with Gasteiger partial charge in [0.15, 0.2) is 0 Å². The van der Waals surface area contributed by atoms with Gasteiger partial charge in [-0.2, -0.15) is 0 Å². The van der Waals surface area contributed by atoms with Crippen LogP contribution in [0.15, 0.2) is 42.5 Å². The molecule has 1 fully saturated rings. The van der Waals surface area contributed by atoms with Gasteiger partial charge in [-0.05, 0) is 60.9 Å². The highest BCUT2D eigenvalue weighted by Gasteiger charge is 2.44. The lowest BCUT2D eigenvalue weighted by Gasteiger charge is -2.45. The highest BCUT2D eigenvalue weighted by atomic mass is 16.5. The number of carbonyl (C=O) groups is 1. The Bertz CT molecular complexity index is 1170. The quantitative estimate of drug-likeness (QED) is 0.264. The molecule has 1 unspecified atom stereocenters. The summed E-state index contributed by atoms with van der Waals surface area (Å²) in [7, 11) is 3.43. The monoisotopic (exact) mass is 597 g/mol. The van der Waals surface area contributed by atoms with Gasteiger partial charge in [0.2, 0.25) is 5.91 Å². The number of nitrogens with one attached hydrogen (secondary N) is 1. The maximum Gasteiger partial charge on any atom is 0.223 e. The van der Waals surface area contributed by atoms with Gasteiger partial charge in [0.05, 0.1) is 37.7 Å². The van der Waals surface area contributed by atoms with E-state index in [1.165, 1.54) is 5.56 Å². The number of hydrogen-bond donors (Lipinski definition) is 3. The number of amides is 1. The van der Waals surface area contributed by atoms with Crippen LogP contribution in [0.25, 0.3) is 0 Å². The molecule has 2 aromatic rings. The average Bonchev–Trinajstić information content (AvgIpc) is 2.99. The summed E-state index contributed by atoms with van der Waals surface area (Å²) in [6.45, 7) is 10.4. The van der Waals surface area contributed by atoms with Gasteiger partial charge < -0.3 is 40.0 Å². The van der Waals surface area contributed by atoms with E-state index in [0.29, 0.717) is 32.8 Å². The van der Waals surface area contributed by atoms with Crippen molar-refractivity contribution in [3.05, 3.63) is 59.2 Å². The Labute approximate surface area is 257 Å². The maximum atomic E-state index is 12.5. The van der Waals surface area contributed by atoms with Crippen molar-refractivity contribution >= 4 is 11.6 Å². The molecule has 9 heteroatoms. The number of aliphatic hydroxyl groups excluding tert-OH is 1. The molecule has 43 heavy (non-hydrogen) atoms. The second-order valence-corrected chi connectivity index (χ2v) is 12.6. The van der Waals surface area contributed by atoms with Crippen LogP contribution >= 0.6 is 0 Å². The lowest BCUT2D eigenvalue weighted by molar-refractivity contribution is -0.130. The minimum Gasteiger partial charge on any atom is -0.490 e. The van der Waals surface area contributed by atoms with E-state index in [0.717, 1.165) is 55.1 Å². The molecule has 4 N–H and O–H groups in total. The van der Waals surface area contributed by atoms with Crippen LogP contribution in [0.4, 0.5) is 5.69 Å². The second kappa shape index (κ2) is 15.3. The van der Waals surface area contributed by atoms with Crippen molar-refractivity contribution in [3.63, 3.8) is 0 Å². The van der Waals surface area contributed by atoms with E-state index in [-0.39, 0.29) is 29.9 Å². The normalized spacial score (nSPS) is 22.0. The summed E-state index contributed by atoms with van der Waals surface area (Å²) in [5.41, 5.74) is 9.59. The summed E-state index contributed by atoms with van der Waals surface area (Å²) in [5.74, 6) is 0.511. The first-order valence-electron chi connectivity index (χ1n) is 15.5. The Morgan fingerprint density at radius 1 is 1.14 bits per heavy atom. The van der Waals surface area contributed by atoms with Gasteiger partial charge in [-0.3, -0.25) is 4.79 Å². The van der Waals surface area contributed by atoms with Crippen LogP contribution < -0.4 is 20.7 Å². The highest BCUT2D eigenvalue weighted by Crippen LogP contribution is 2.41. The molecule has 238 valence electrons. The molecule has 0 bridgehead atoms. The molecule has 0 aromatic heterocycles. The van der Waals surface area contributed by atoms with Crippen LogP contribution in [-0.2, 0) is 32.2 Å². The fourth-order valence-corrected chi connectivity index (χ4v) is 6.53. The van der Waals surface area contributed by atoms with Crippen molar-refractivity contribution in [1.82, 2.24) is 5.32 Å². The standard InChI is InChI=1S/C34H51N3O6/c1-23(38)17-28(34(2,3)33(35)39)29-19-27(26-10-7-24(8-11-26)21-41-5)32(20-36-29)43-22-25-9-12-31-30(18-25)37(14-16-42-31)13-6-15-40-4/h7-12,18,23,27-29,32,36,38H,6,13-17,19-22H2,1-5H3,(H2,35,39)/t23-,27-,28?,29+,32+/m1/s1. The van der Waals surface area contributed by atoms with E-state index in [1.807, 2.05) is 19.9 Å². The number of aliphatic hydroxyl groups is 1. The summed E-state index contributed by atoms with van der Waals surface area (Å²) in [6.07, 6.45) is 1.57. The van der Waals surface area contributed by atoms with Crippen molar-refractivity contribution in [2.45, 2.75) is 77.4 Å². The van der Waals surface area contributed by atoms with Crippen molar-refractivity contribution in [3.8, 4) is 5.75 Å². The summed E-state index contributed by atoms with van der Waals surface area (Å²) >= 11 is 0. The number of piperidine rings is 1. The molecular weight excluding hydrogens is 546 g/mol. The Morgan fingerprint density at radius 3 is 2.56 bits per heavy atom. The zero-order valence-electron chi connectivity index (χ0n) is 26.5. The molecule has 2 aliphatic heterocycles. The lowest BCUT2D eigenvalue weighted by atomic mass is 9.67. The SMILES string of the molecule is COCCCN1CCOc2ccc(CO[C@H]3CN[C@H](C(C[C@@H](C)O)C(C)(C)C(N)=O)C[C@@H]3c3ccc(COC)cc3)cc21. The molecule has 0 saturated carbocycles. The number of carbonyl (C=O) groups excluding carboxylic acids is 1. The minimum atomic E-state index is -0.782. The van der Waals surface area contributed by atoms with Gasteiger partial charge in [-0.1, -0.05) is 44.2 Å². The third-order valence-electron chi connectivity index (χ3n) is 9.12. The Balaban J connectivity index is 1.54. The molecule has 0 aliphatic carbocycles. The Hall–Kier alpha value is -2.69. The highest BCUT2D eigenvalue weighted by molar-refractivity contribution is 5.80. The Morgan fingerprint density at radius 2 is 1.88 bits per heavy atom. The number of hydrogen-bond acceptors (Lipinski definition) is 8. The van der Waals surface area contributed by atoms with Gasteiger partial charge in [-0.25, -0.2) is 0 Å². The fraction of sp³-hybridized carbons (Fsp3) is 0.618. The summed E-state index contributed by atoms with van der Waals surface area (Å²) in [5, 5.41) is 14.0. The number of nitrogens with two attached hydrogens (primary N) is 1. The van der Waals surface area contributed by atoms with Gasteiger partial charge >= 0.3 is 0 Å². The third-order valence-corrected chi connectivity index (χ3v) is 9.12. The molecule has 4 rings (SSSR count). The van der Waals surface area contributed by atoms with Crippen molar-refractivity contribution in [2.75, 3.05) is 52.0 Å². The van der Waals surface area contributed by atoms with Gasteiger partial charge in [-0.15, -0.1) is 0 Å². The molecule has 9 nitrogen and oxygen atoms in total. The van der Waals surface area contributed by atoms with Gasteiger partial charge in [0, 0.05) is 51.3 Å².